The summed E-state index contributed by atoms with van der Waals surface area (Å²) >= 11 is 0. The second-order valence-electron chi connectivity index (χ2n) is 8.83. The van der Waals surface area contributed by atoms with Gasteiger partial charge in [-0.3, -0.25) is 0 Å². The van der Waals surface area contributed by atoms with E-state index < -0.39 is 6.10 Å². The number of rotatable bonds is 12. The first-order chi connectivity index (χ1) is 15.8. The summed E-state index contributed by atoms with van der Waals surface area (Å²) < 4.78 is 27.2. The van der Waals surface area contributed by atoms with Crippen molar-refractivity contribution >= 4 is 5.69 Å². The zero-order valence-electron chi connectivity index (χ0n) is 19.7. The van der Waals surface area contributed by atoms with Gasteiger partial charge in [0.25, 0.3) is 0 Å². The van der Waals surface area contributed by atoms with E-state index in [0.717, 1.165) is 5.69 Å². The molecule has 0 aliphatic carbocycles. The largest absolute Gasteiger partial charge is 0.462 e. The summed E-state index contributed by atoms with van der Waals surface area (Å²) in [5.41, 5.74) is 1.90. The van der Waals surface area contributed by atoms with Crippen molar-refractivity contribution in [2.24, 2.45) is 11.8 Å². The molecule has 0 amide bonds. The van der Waals surface area contributed by atoms with Gasteiger partial charge in [0, 0.05) is 18.8 Å². The zero-order valence-corrected chi connectivity index (χ0v) is 19.7. The average molecular weight is 457 g/mol. The Morgan fingerprint density at radius 2 is 1.67 bits per heavy atom. The Morgan fingerprint density at radius 1 is 0.970 bits per heavy atom. The van der Waals surface area contributed by atoms with E-state index in [9.17, 15) is 9.50 Å². The molecule has 0 saturated carbocycles. The van der Waals surface area contributed by atoms with E-state index in [1.165, 1.54) is 6.07 Å². The van der Waals surface area contributed by atoms with Crippen LogP contribution in [-0.4, -0.2) is 52.3 Å². The minimum atomic E-state index is -0.605. The van der Waals surface area contributed by atoms with Crippen LogP contribution in [0.5, 0.6) is 6.01 Å². The number of hydrogen-bond acceptors (Lipinski definition) is 6. The predicted molar refractivity (Wildman–Crippen MR) is 127 cm³/mol. The molecule has 0 unspecified atom stereocenters. The molecule has 0 spiro atoms. The molecule has 7 nitrogen and oxygen atoms in total. The van der Waals surface area contributed by atoms with Crippen molar-refractivity contribution in [2.45, 2.75) is 33.8 Å². The van der Waals surface area contributed by atoms with Crippen LogP contribution < -0.4 is 10.1 Å². The Balaban J connectivity index is 1.74. The van der Waals surface area contributed by atoms with Gasteiger partial charge in [-0.05, 0) is 48.2 Å². The van der Waals surface area contributed by atoms with E-state index in [1.54, 1.807) is 22.9 Å². The fourth-order valence-corrected chi connectivity index (χ4v) is 3.05. The van der Waals surface area contributed by atoms with Gasteiger partial charge in [0.05, 0.1) is 30.6 Å². The highest BCUT2D eigenvalue weighted by Gasteiger charge is 2.18. The quantitative estimate of drug-likeness (QED) is 0.416. The normalized spacial score (nSPS) is 12.4. The lowest BCUT2D eigenvalue weighted by molar-refractivity contribution is 0.0318. The molecule has 3 rings (SSSR count). The second-order valence-corrected chi connectivity index (χ2v) is 8.83. The van der Waals surface area contributed by atoms with E-state index in [2.05, 4.69) is 29.2 Å². The molecule has 1 atom stereocenters. The van der Waals surface area contributed by atoms with Crippen LogP contribution in [0.15, 0.2) is 48.5 Å². The highest BCUT2D eigenvalue weighted by Crippen LogP contribution is 2.26. The SMILES string of the molecule is CC(C)COC[C@@H](O)CNc1ccc(-n2nc(OCC(C)C)nc2-c2ccccc2F)cc1. The second kappa shape index (κ2) is 11.8. The number of halogens is 1. The monoisotopic (exact) mass is 456 g/mol. The van der Waals surface area contributed by atoms with Gasteiger partial charge in [-0.2, -0.15) is 4.98 Å². The van der Waals surface area contributed by atoms with E-state index in [-0.39, 0.29) is 18.4 Å². The molecular formula is C25H33FN4O3. The first kappa shape index (κ1) is 24.7. The van der Waals surface area contributed by atoms with Gasteiger partial charge in [0.2, 0.25) is 0 Å². The highest BCUT2D eigenvalue weighted by atomic mass is 19.1. The van der Waals surface area contributed by atoms with Crippen LogP contribution in [0, 0.1) is 17.7 Å². The Kier molecular flexibility index (Phi) is 8.79. The molecule has 3 aromatic rings. The van der Waals surface area contributed by atoms with E-state index in [4.69, 9.17) is 9.47 Å². The van der Waals surface area contributed by atoms with Crippen molar-refractivity contribution in [3.05, 3.63) is 54.3 Å². The topological polar surface area (TPSA) is 81.4 Å². The summed E-state index contributed by atoms with van der Waals surface area (Å²) in [6, 6.07) is 14.1. The van der Waals surface area contributed by atoms with Gasteiger partial charge in [-0.25, -0.2) is 9.07 Å². The first-order valence-electron chi connectivity index (χ1n) is 11.3. The Labute approximate surface area is 194 Å². The van der Waals surface area contributed by atoms with E-state index in [1.807, 2.05) is 38.1 Å². The number of aliphatic hydroxyl groups excluding tert-OH is 1. The minimum absolute atomic E-state index is 0.202. The van der Waals surface area contributed by atoms with Crippen molar-refractivity contribution < 1.29 is 19.0 Å². The molecule has 8 heteroatoms. The van der Waals surface area contributed by atoms with Crippen LogP contribution in [0.25, 0.3) is 17.1 Å². The molecule has 0 aliphatic heterocycles. The first-order valence-corrected chi connectivity index (χ1v) is 11.3. The van der Waals surface area contributed by atoms with E-state index in [0.29, 0.717) is 48.7 Å². The smallest absolute Gasteiger partial charge is 0.336 e. The zero-order chi connectivity index (χ0) is 23.8. The van der Waals surface area contributed by atoms with Crippen molar-refractivity contribution in [2.75, 3.05) is 31.7 Å². The van der Waals surface area contributed by atoms with Gasteiger partial charge in [0.15, 0.2) is 5.82 Å². The lowest BCUT2D eigenvalue weighted by atomic mass is 10.2. The number of anilines is 1. The number of aromatic nitrogens is 3. The Bertz CT molecular complexity index is 1010. The molecule has 0 saturated heterocycles. The molecule has 1 heterocycles. The van der Waals surface area contributed by atoms with Crippen molar-refractivity contribution in [3.8, 4) is 23.1 Å². The summed E-state index contributed by atoms with van der Waals surface area (Å²) in [5, 5.41) is 17.7. The summed E-state index contributed by atoms with van der Waals surface area (Å²) in [6.07, 6.45) is -0.605. The average Bonchev–Trinajstić information content (AvgIpc) is 3.21. The molecule has 0 aliphatic rings. The van der Waals surface area contributed by atoms with Crippen LogP contribution in [0.3, 0.4) is 0 Å². The molecular weight excluding hydrogens is 423 g/mol. The van der Waals surface area contributed by atoms with Gasteiger partial charge in [0.1, 0.15) is 5.82 Å². The van der Waals surface area contributed by atoms with E-state index >= 15 is 0 Å². The third-order valence-corrected chi connectivity index (χ3v) is 4.66. The number of nitrogens with zero attached hydrogens (tertiary/aromatic N) is 3. The number of nitrogens with one attached hydrogen (secondary N) is 1. The third kappa shape index (κ3) is 7.27. The van der Waals surface area contributed by atoms with Crippen LogP contribution in [0.4, 0.5) is 10.1 Å². The molecule has 0 fully saturated rings. The summed E-state index contributed by atoms with van der Waals surface area (Å²) in [6.45, 7) is 9.95. The number of aliphatic hydroxyl groups is 1. The lowest BCUT2D eigenvalue weighted by Crippen LogP contribution is -2.25. The van der Waals surface area contributed by atoms with Gasteiger partial charge in [-0.1, -0.05) is 39.8 Å². The predicted octanol–water partition coefficient (Wildman–Crippen LogP) is 4.55. The molecule has 0 bridgehead atoms. The maximum absolute atomic E-state index is 14.5. The molecule has 2 aromatic carbocycles. The van der Waals surface area contributed by atoms with Gasteiger partial charge >= 0.3 is 6.01 Å². The van der Waals surface area contributed by atoms with Crippen LogP contribution in [0.1, 0.15) is 27.7 Å². The third-order valence-electron chi connectivity index (χ3n) is 4.66. The summed E-state index contributed by atoms with van der Waals surface area (Å²) in [5.74, 6) is 0.726. The highest BCUT2D eigenvalue weighted by molar-refractivity contribution is 5.60. The molecule has 33 heavy (non-hydrogen) atoms. The number of ether oxygens (including phenoxy) is 2. The summed E-state index contributed by atoms with van der Waals surface area (Å²) in [4.78, 5) is 4.44. The molecule has 178 valence electrons. The van der Waals surface area contributed by atoms with Gasteiger partial charge in [-0.15, -0.1) is 5.10 Å². The Morgan fingerprint density at radius 3 is 2.33 bits per heavy atom. The fraction of sp³-hybridized carbons (Fsp3) is 0.440. The van der Waals surface area contributed by atoms with Crippen molar-refractivity contribution in [3.63, 3.8) is 0 Å². The summed E-state index contributed by atoms with van der Waals surface area (Å²) in [7, 11) is 0. The van der Waals surface area contributed by atoms with Crippen molar-refractivity contribution in [1.29, 1.82) is 0 Å². The fourth-order valence-electron chi connectivity index (χ4n) is 3.05. The number of hydrogen-bond donors (Lipinski definition) is 2. The standard InChI is InChI=1S/C25H33FN4O3/c1-17(2)14-32-16-21(31)13-27-19-9-11-20(12-10-19)30-24(22-7-5-6-8-23(22)26)28-25(29-30)33-15-18(3)4/h5-12,17-18,21,27,31H,13-16H2,1-4H3/t21-/m0/s1. The van der Waals surface area contributed by atoms with Crippen LogP contribution in [0.2, 0.25) is 0 Å². The molecule has 0 radical (unpaired) electrons. The molecule has 1 aromatic heterocycles. The van der Waals surface area contributed by atoms with Crippen LogP contribution in [-0.2, 0) is 4.74 Å². The van der Waals surface area contributed by atoms with Crippen molar-refractivity contribution in [1.82, 2.24) is 14.8 Å². The Hall–Kier alpha value is -2.97. The maximum Gasteiger partial charge on any atom is 0.336 e. The molecule has 2 N–H and O–H groups in total. The maximum atomic E-state index is 14.5. The number of benzene rings is 2. The lowest BCUT2D eigenvalue weighted by Gasteiger charge is -2.14. The minimum Gasteiger partial charge on any atom is -0.462 e. The van der Waals surface area contributed by atoms with Crippen LogP contribution >= 0.6 is 0 Å². The van der Waals surface area contributed by atoms with Gasteiger partial charge < -0.3 is 19.9 Å².